The third kappa shape index (κ3) is 4.85. The second kappa shape index (κ2) is 9.84. The second-order valence-corrected chi connectivity index (χ2v) is 8.94. The van der Waals surface area contributed by atoms with Crippen LogP contribution in [-0.4, -0.2) is 52.6 Å². The lowest BCUT2D eigenvalue weighted by molar-refractivity contribution is -0.115. The number of hydrogen-bond donors (Lipinski definition) is 2. The topological polar surface area (TPSA) is 137 Å². The molecule has 6 rings (SSSR count). The maximum atomic E-state index is 15.1. The quantitative estimate of drug-likeness (QED) is 0.304. The van der Waals surface area contributed by atoms with Crippen LogP contribution < -0.4 is 15.4 Å². The summed E-state index contributed by atoms with van der Waals surface area (Å²) in [6.07, 6.45) is 8.98. The number of amides is 1. The van der Waals surface area contributed by atoms with E-state index in [4.69, 9.17) is 4.74 Å². The monoisotopic (exact) mass is 514 g/mol. The zero-order valence-electron chi connectivity index (χ0n) is 20.4. The minimum absolute atomic E-state index is 0.00820. The highest BCUT2D eigenvalue weighted by molar-refractivity contribution is 5.92. The van der Waals surface area contributed by atoms with E-state index in [1.54, 1.807) is 12.1 Å². The molecule has 4 heterocycles. The Morgan fingerprint density at radius 1 is 1.16 bits per heavy atom. The van der Waals surface area contributed by atoms with E-state index in [0.717, 1.165) is 11.3 Å². The number of aromatic nitrogens is 8. The molecule has 2 N–H and O–H groups in total. The summed E-state index contributed by atoms with van der Waals surface area (Å²) in [6, 6.07) is 8.80. The highest BCUT2D eigenvalue weighted by atomic mass is 19.1. The van der Waals surface area contributed by atoms with Gasteiger partial charge in [-0.25, -0.2) is 24.0 Å². The minimum atomic E-state index is -0.669. The number of imidazole rings is 1. The van der Waals surface area contributed by atoms with Gasteiger partial charge in [0.2, 0.25) is 5.91 Å². The van der Waals surface area contributed by atoms with Gasteiger partial charge in [0, 0.05) is 24.0 Å². The van der Waals surface area contributed by atoms with E-state index in [1.165, 1.54) is 48.9 Å². The number of methoxy groups -OCH3 is 1. The summed E-state index contributed by atoms with van der Waals surface area (Å²) in [5.41, 5.74) is 3.48. The fourth-order valence-electron chi connectivity index (χ4n) is 4.26. The molecule has 0 atom stereocenters. The number of nitrogens with zero attached hydrogens (tertiary/aromatic N) is 8. The standard InChI is InChI=1S/C25H23FN10O2/c1-38-20-6-5-19(36-14-30-33-34-36)18(25(20)26)8-24(37)32-22-9-21(28-13-29-22)27-10-17-12-35-11-16(15-2-3-15)4-7-23(35)31-17/h4-7,9,11-15H,2-3,8,10H2,1H3,(H2,27,28,29,32,37). The molecule has 0 saturated heterocycles. The fraction of sp³-hybridized carbons (Fsp3) is 0.240. The molecule has 0 radical (unpaired) electrons. The summed E-state index contributed by atoms with van der Waals surface area (Å²) >= 11 is 0. The highest BCUT2D eigenvalue weighted by Crippen LogP contribution is 2.39. The summed E-state index contributed by atoms with van der Waals surface area (Å²) < 4.78 is 23.5. The van der Waals surface area contributed by atoms with Crippen LogP contribution in [0.3, 0.4) is 0 Å². The Morgan fingerprint density at radius 3 is 2.82 bits per heavy atom. The third-order valence-electron chi connectivity index (χ3n) is 6.29. The van der Waals surface area contributed by atoms with E-state index in [-0.39, 0.29) is 23.6 Å². The number of tetrazole rings is 1. The van der Waals surface area contributed by atoms with Gasteiger partial charge in [0.15, 0.2) is 11.6 Å². The van der Waals surface area contributed by atoms with Crippen molar-refractivity contribution in [3.8, 4) is 11.4 Å². The zero-order valence-corrected chi connectivity index (χ0v) is 20.4. The van der Waals surface area contributed by atoms with Crippen molar-refractivity contribution in [1.29, 1.82) is 0 Å². The summed E-state index contributed by atoms with van der Waals surface area (Å²) in [5.74, 6) is 0.302. The molecule has 38 heavy (non-hydrogen) atoms. The van der Waals surface area contributed by atoms with Gasteiger partial charge < -0.3 is 19.8 Å². The molecule has 0 spiro atoms. The number of fused-ring (bicyclic) bond motifs is 1. The van der Waals surface area contributed by atoms with Crippen LogP contribution in [-0.2, 0) is 17.8 Å². The van der Waals surface area contributed by atoms with Crippen LogP contribution in [0.15, 0.2) is 55.4 Å². The van der Waals surface area contributed by atoms with Crippen molar-refractivity contribution >= 4 is 23.2 Å². The Bertz CT molecular complexity index is 1610. The maximum absolute atomic E-state index is 15.1. The molecule has 1 aliphatic carbocycles. The molecule has 1 saturated carbocycles. The fourth-order valence-corrected chi connectivity index (χ4v) is 4.26. The number of pyridine rings is 1. The minimum Gasteiger partial charge on any atom is -0.494 e. The van der Waals surface area contributed by atoms with Crippen LogP contribution in [0, 0.1) is 5.82 Å². The van der Waals surface area contributed by atoms with Crippen molar-refractivity contribution in [2.45, 2.75) is 31.7 Å². The summed E-state index contributed by atoms with van der Waals surface area (Å²) in [4.78, 5) is 25.8. The van der Waals surface area contributed by atoms with Gasteiger partial charge in [-0.3, -0.25) is 4.79 Å². The Balaban J connectivity index is 1.13. The van der Waals surface area contributed by atoms with Crippen LogP contribution in [0.4, 0.5) is 16.0 Å². The van der Waals surface area contributed by atoms with Crippen LogP contribution in [0.2, 0.25) is 0 Å². The zero-order chi connectivity index (χ0) is 26.1. The normalized spacial score (nSPS) is 13.0. The number of anilines is 2. The Labute approximate surface area is 215 Å². The molecule has 13 heteroatoms. The van der Waals surface area contributed by atoms with Crippen molar-refractivity contribution in [2.75, 3.05) is 17.7 Å². The van der Waals surface area contributed by atoms with Crippen molar-refractivity contribution in [1.82, 2.24) is 39.6 Å². The van der Waals surface area contributed by atoms with E-state index in [0.29, 0.717) is 24.0 Å². The molecule has 192 valence electrons. The molecule has 1 amide bonds. The molecule has 0 unspecified atom stereocenters. The molecular weight excluding hydrogens is 491 g/mol. The number of benzene rings is 1. The molecule has 5 aromatic rings. The number of carbonyl (C=O) groups excluding carboxylic acids is 1. The van der Waals surface area contributed by atoms with Gasteiger partial charge in [0.25, 0.3) is 0 Å². The van der Waals surface area contributed by atoms with E-state index in [2.05, 4.69) is 53.4 Å². The average Bonchev–Trinajstić information content (AvgIpc) is 3.46. The first-order valence-corrected chi connectivity index (χ1v) is 12.0. The highest BCUT2D eigenvalue weighted by Gasteiger charge is 2.24. The van der Waals surface area contributed by atoms with Crippen molar-refractivity contribution in [3.05, 3.63) is 78.0 Å². The van der Waals surface area contributed by atoms with Crippen molar-refractivity contribution in [2.24, 2.45) is 0 Å². The Morgan fingerprint density at radius 2 is 2.03 bits per heavy atom. The summed E-state index contributed by atoms with van der Waals surface area (Å²) in [7, 11) is 1.35. The smallest absolute Gasteiger partial charge is 0.230 e. The first kappa shape index (κ1) is 23.5. The Hall–Kier alpha value is -4.94. The second-order valence-electron chi connectivity index (χ2n) is 8.94. The third-order valence-corrected chi connectivity index (χ3v) is 6.29. The Kier molecular flexibility index (Phi) is 6.08. The van der Waals surface area contributed by atoms with E-state index in [9.17, 15) is 4.79 Å². The van der Waals surface area contributed by atoms with Gasteiger partial charge in [0.05, 0.1) is 31.5 Å². The predicted octanol–water partition coefficient (Wildman–Crippen LogP) is 2.92. The number of nitrogens with one attached hydrogen (secondary N) is 2. The average molecular weight is 515 g/mol. The number of rotatable bonds is 9. The SMILES string of the molecule is COc1ccc(-n2cnnn2)c(CC(=O)Nc2cc(NCc3cn4cc(C5CC5)ccc4n3)ncn2)c1F. The molecule has 1 fully saturated rings. The van der Waals surface area contributed by atoms with Crippen molar-refractivity contribution in [3.63, 3.8) is 0 Å². The molecule has 1 aliphatic rings. The summed E-state index contributed by atoms with van der Waals surface area (Å²) in [5, 5.41) is 16.9. The van der Waals surface area contributed by atoms with Crippen LogP contribution in [0.5, 0.6) is 5.75 Å². The number of hydrogen-bond acceptors (Lipinski definition) is 9. The van der Waals surface area contributed by atoms with Crippen molar-refractivity contribution < 1.29 is 13.9 Å². The predicted molar refractivity (Wildman–Crippen MR) is 135 cm³/mol. The molecule has 4 aromatic heterocycles. The molecular formula is C25H23FN10O2. The largest absolute Gasteiger partial charge is 0.494 e. The number of ether oxygens (including phenoxy) is 1. The first-order chi connectivity index (χ1) is 18.6. The van der Waals surface area contributed by atoms with Gasteiger partial charge >= 0.3 is 0 Å². The lowest BCUT2D eigenvalue weighted by Gasteiger charge is -2.13. The summed E-state index contributed by atoms with van der Waals surface area (Å²) in [6.45, 7) is 0.440. The van der Waals surface area contributed by atoms with Crippen LogP contribution in [0.1, 0.15) is 35.6 Å². The van der Waals surface area contributed by atoms with Gasteiger partial charge in [-0.2, -0.15) is 0 Å². The van der Waals surface area contributed by atoms with E-state index >= 15 is 4.39 Å². The van der Waals surface area contributed by atoms with E-state index < -0.39 is 11.7 Å². The van der Waals surface area contributed by atoms with Crippen LogP contribution in [0.25, 0.3) is 11.3 Å². The molecule has 12 nitrogen and oxygen atoms in total. The van der Waals surface area contributed by atoms with E-state index in [1.807, 2.05) is 16.7 Å². The van der Waals surface area contributed by atoms with Crippen LogP contribution >= 0.6 is 0 Å². The van der Waals surface area contributed by atoms with Gasteiger partial charge in [-0.05, 0) is 52.9 Å². The lowest BCUT2D eigenvalue weighted by atomic mass is 10.1. The first-order valence-electron chi connectivity index (χ1n) is 12.0. The molecule has 0 aliphatic heterocycles. The maximum Gasteiger partial charge on any atom is 0.230 e. The lowest BCUT2D eigenvalue weighted by Crippen LogP contribution is -2.18. The number of halogens is 1. The van der Waals surface area contributed by atoms with Gasteiger partial charge in [-0.15, -0.1) is 5.10 Å². The molecule has 0 bridgehead atoms. The molecule has 1 aromatic carbocycles. The van der Waals surface area contributed by atoms with Gasteiger partial charge in [-0.1, -0.05) is 6.07 Å². The van der Waals surface area contributed by atoms with Gasteiger partial charge in [0.1, 0.15) is 29.9 Å². The number of carbonyl (C=O) groups is 1.